The molecule has 0 radical (unpaired) electrons. The molecule has 0 aliphatic carbocycles. The lowest BCUT2D eigenvalue weighted by Gasteiger charge is -2.33. The third-order valence-electron chi connectivity index (χ3n) is 3.95. The molecule has 1 fully saturated rings. The van der Waals surface area contributed by atoms with E-state index in [4.69, 9.17) is 0 Å². The first kappa shape index (κ1) is 14.7. The number of aryl methyl sites for hydroxylation is 1. The van der Waals surface area contributed by atoms with Crippen LogP contribution in [-0.2, 0) is 6.54 Å². The van der Waals surface area contributed by atoms with Gasteiger partial charge in [0.25, 0.3) is 0 Å². The van der Waals surface area contributed by atoms with Gasteiger partial charge in [-0.25, -0.2) is 0 Å². The van der Waals surface area contributed by atoms with E-state index in [1.54, 1.807) is 12.4 Å². The van der Waals surface area contributed by atoms with Crippen molar-refractivity contribution in [1.29, 1.82) is 0 Å². The van der Waals surface area contributed by atoms with Gasteiger partial charge in [-0.1, -0.05) is 29.8 Å². The minimum absolute atomic E-state index is 0.980. The van der Waals surface area contributed by atoms with E-state index in [1.807, 2.05) is 18.3 Å². The molecule has 1 aromatic heterocycles. The van der Waals surface area contributed by atoms with Gasteiger partial charge in [-0.3, -0.25) is 14.9 Å². The lowest BCUT2D eigenvalue weighted by atomic mass is 10.1. The second-order valence-corrected chi connectivity index (χ2v) is 5.74. The highest BCUT2D eigenvalue weighted by atomic mass is 15.5. The molecular weight excluding hydrogens is 272 g/mol. The molecule has 4 nitrogen and oxygen atoms in total. The number of pyridine rings is 1. The normalized spacial score (nSPS) is 16.3. The van der Waals surface area contributed by atoms with E-state index in [2.05, 4.69) is 51.2 Å². The SMILES string of the molecule is Cc1ccc(CN2CCN(/N=C\c3ccncc3)CC2)cc1. The van der Waals surface area contributed by atoms with Crippen molar-refractivity contribution in [2.24, 2.45) is 5.10 Å². The van der Waals surface area contributed by atoms with Gasteiger partial charge >= 0.3 is 0 Å². The molecule has 0 unspecified atom stereocenters. The van der Waals surface area contributed by atoms with Gasteiger partial charge in [-0.2, -0.15) is 5.10 Å². The van der Waals surface area contributed by atoms with Gasteiger partial charge in [-0.05, 0) is 30.2 Å². The summed E-state index contributed by atoms with van der Waals surface area (Å²) in [6.45, 7) is 7.23. The standard InChI is InChI=1S/C18H22N4/c1-16-2-4-18(5-3-16)15-21-10-12-22(13-11-21)20-14-17-6-8-19-9-7-17/h2-9,14H,10-13,15H2,1H3/b20-14-. The Hall–Kier alpha value is -2.20. The molecule has 4 heteroatoms. The van der Waals surface area contributed by atoms with Crippen molar-refractivity contribution in [3.8, 4) is 0 Å². The van der Waals surface area contributed by atoms with Crippen molar-refractivity contribution < 1.29 is 0 Å². The predicted octanol–water partition coefficient (Wildman–Crippen LogP) is 2.54. The Labute approximate surface area is 132 Å². The summed E-state index contributed by atoms with van der Waals surface area (Å²) in [6.07, 6.45) is 5.50. The number of benzene rings is 1. The lowest BCUT2D eigenvalue weighted by molar-refractivity contribution is 0.131. The van der Waals surface area contributed by atoms with Crippen molar-refractivity contribution in [2.75, 3.05) is 26.2 Å². The van der Waals surface area contributed by atoms with Crippen molar-refractivity contribution >= 4 is 6.21 Å². The first-order chi connectivity index (χ1) is 10.8. The summed E-state index contributed by atoms with van der Waals surface area (Å²) in [4.78, 5) is 6.50. The first-order valence-electron chi connectivity index (χ1n) is 7.76. The third kappa shape index (κ3) is 4.15. The largest absolute Gasteiger partial charge is 0.295 e. The fourth-order valence-corrected chi connectivity index (χ4v) is 2.56. The van der Waals surface area contributed by atoms with Gasteiger partial charge in [0.1, 0.15) is 0 Å². The van der Waals surface area contributed by atoms with E-state index in [0.29, 0.717) is 0 Å². The van der Waals surface area contributed by atoms with Crippen LogP contribution in [0.5, 0.6) is 0 Å². The summed E-state index contributed by atoms with van der Waals surface area (Å²) in [5, 5.41) is 6.71. The zero-order valence-corrected chi connectivity index (χ0v) is 13.0. The summed E-state index contributed by atoms with van der Waals surface area (Å²) in [7, 11) is 0. The number of hydrogen-bond donors (Lipinski definition) is 0. The lowest BCUT2D eigenvalue weighted by Crippen LogP contribution is -2.43. The zero-order chi connectivity index (χ0) is 15.2. The van der Waals surface area contributed by atoms with Gasteiger partial charge in [0.2, 0.25) is 0 Å². The van der Waals surface area contributed by atoms with Crippen LogP contribution in [0.1, 0.15) is 16.7 Å². The van der Waals surface area contributed by atoms with Crippen LogP contribution < -0.4 is 0 Å². The second-order valence-electron chi connectivity index (χ2n) is 5.74. The fraction of sp³-hybridized carbons (Fsp3) is 0.333. The molecule has 2 heterocycles. The molecule has 3 rings (SSSR count). The summed E-state index contributed by atoms with van der Waals surface area (Å²) in [6, 6.07) is 12.8. The average molecular weight is 294 g/mol. The molecule has 1 saturated heterocycles. The van der Waals surface area contributed by atoms with E-state index in [0.717, 1.165) is 38.3 Å². The number of aromatic nitrogens is 1. The van der Waals surface area contributed by atoms with Crippen LogP contribution in [0.15, 0.2) is 53.9 Å². The number of hydrogen-bond acceptors (Lipinski definition) is 4. The molecule has 0 spiro atoms. The van der Waals surface area contributed by atoms with Crippen LogP contribution >= 0.6 is 0 Å². The maximum atomic E-state index is 4.56. The van der Waals surface area contributed by atoms with Crippen molar-refractivity contribution in [3.05, 3.63) is 65.5 Å². The molecule has 0 bridgehead atoms. The highest BCUT2D eigenvalue weighted by molar-refractivity contribution is 5.78. The molecule has 1 aromatic carbocycles. The van der Waals surface area contributed by atoms with E-state index in [1.165, 1.54) is 11.1 Å². The molecule has 0 saturated carbocycles. The Morgan fingerprint density at radius 3 is 2.36 bits per heavy atom. The highest BCUT2D eigenvalue weighted by Gasteiger charge is 2.15. The number of piperazine rings is 1. The van der Waals surface area contributed by atoms with Crippen molar-refractivity contribution in [3.63, 3.8) is 0 Å². The Morgan fingerprint density at radius 2 is 1.68 bits per heavy atom. The smallest absolute Gasteiger partial charge is 0.0544 e. The van der Waals surface area contributed by atoms with Crippen molar-refractivity contribution in [1.82, 2.24) is 14.9 Å². The molecule has 0 atom stereocenters. The molecule has 114 valence electrons. The van der Waals surface area contributed by atoms with E-state index >= 15 is 0 Å². The third-order valence-corrected chi connectivity index (χ3v) is 3.95. The summed E-state index contributed by atoms with van der Waals surface area (Å²) in [5.74, 6) is 0. The van der Waals surface area contributed by atoms with Gasteiger partial charge in [0.05, 0.1) is 6.21 Å². The highest BCUT2D eigenvalue weighted by Crippen LogP contribution is 2.10. The number of nitrogens with zero attached hydrogens (tertiary/aromatic N) is 4. The molecule has 0 N–H and O–H groups in total. The molecule has 22 heavy (non-hydrogen) atoms. The first-order valence-corrected chi connectivity index (χ1v) is 7.76. The maximum Gasteiger partial charge on any atom is 0.0544 e. The minimum atomic E-state index is 0.980. The Balaban J connectivity index is 1.48. The van der Waals surface area contributed by atoms with Crippen LogP contribution in [0, 0.1) is 6.92 Å². The van der Waals surface area contributed by atoms with Crippen LogP contribution in [0.3, 0.4) is 0 Å². The Kier molecular flexibility index (Phi) is 4.81. The van der Waals surface area contributed by atoms with Crippen molar-refractivity contribution in [2.45, 2.75) is 13.5 Å². The molecule has 1 aliphatic heterocycles. The van der Waals surface area contributed by atoms with Gasteiger partial charge in [-0.15, -0.1) is 0 Å². The minimum Gasteiger partial charge on any atom is -0.295 e. The number of hydrazone groups is 1. The van der Waals surface area contributed by atoms with Gasteiger partial charge < -0.3 is 0 Å². The predicted molar refractivity (Wildman–Crippen MR) is 89.9 cm³/mol. The summed E-state index contributed by atoms with van der Waals surface area (Å²) in [5.41, 5.74) is 3.80. The molecular formula is C18H22N4. The quantitative estimate of drug-likeness (QED) is 0.812. The van der Waals surface area contributed by atoms with Crippen LogP contribution in [0.25, 0.3) is 0 Å². The second kappa shape index (κ2) is 7.18. The van der Waals surface area contributed by atoms with E-state index in [9.17, 15) is 0 Å². The topological polar surface area (TPSA) is 31.7 Å². The van der Waals surface area contributed by atoms with Crippen LogP contribution in [-0.4, -0.2) is 47.3 Å². The zero-order valence-electron chi connectivity index (χ0n) is 13.0. The van der Waals surface area contributed by atoms with Gasteiger partial charge in [0, 0.05) is 45.1 Å². The Morgan fingerprint density at radius 1 is 1.00 bits per heavy atom. The van der Waals surface area contributed by atoms with E-state index < -0.39 is 0 Å². The molecule has 1 aliphatic rings. The van der Waals surface area contributed by atoms with Crippen LogP contribution in [0.2, 0.25) is 0 Å². The fourth-order valence-electron chi connectivity index (χ4n) is 2.56. The van der Waals surface area contributed by atoms with Crippen LogP contribution in [0.4, 0.5) is 0 Å². The average Bonchev–Trinajstić information content (AvgIpc) is 2.57. The Bertz CT molecular complexity index is 599. The maximum absolute atomic E-state index is 4.56. The van der Waals surface area contributed by atoms with Gasteiger partial charge in [0.15, 0.2) is 0 Å². The summed E-state index contributed by atoms with van der Waals surface area (Å²) >= 11 is 0. The summed E-state index contributed by atoms with van der Waals surface area (Å²) < 4.78 is 0. The monoisotopic (exact) mass is 294 g/mol. The van der Waals surface area contributed by atoms with E-state index in [-0.39, 0.29) is 0 Å². The molecule has 2 aromatic rings. The number of rotatable bonds is 4. The molecule has 0 amide bonds.